The summed E-state index contributed by atoms with van der Waals surface area (Å²) < 4.78 is 44.0. The number of hydrogen-bond acceptors (Lipinski definition) is 5. The molecule has 9 heteroatoms. The number of aliphatic hydroxyl groups is 1. The van der Waals surface area contributed by atoms with Gasteiger partial charge in [-0.25, -0.2) is 0 Å². The summed E-state index contributed by atoms with van der Waals surface area (Å²) in [6.45, 7) is 0. The molecule has 1 amide bonds. The molecule has 0 saturated carbocycles. The van der Waals surface area contributed by atoms with E-state index in [1.54, 1.807) is 42.5 Å². The van der Waals surface area contributed by atoms with Crippen LogP contribution in [0.3, 0.4) is 0 Å². The van der Waals surface area contributed by atoms with Crippen molar-refractivity contribution in [3.05, 3.63) is 95.6 Å². The van der Waals surface area contributed by atoms with Crippen molar-refractivity contribution in [1.82, 2.24) is 5.48 Å². The molecule has 0 aromatic heterocycles. The molecule has 162 valence electrons. The number of aliphatic hydroxyl groups excluding tert-OH is 1. The van der Waals surface area contributed by atoms with Crippen LogP contribution in [0.2, 0.25) is 0 Å². The first kappa shape index (κ1) is 22.2. The number of carbonyl (C=O) groups is 1. The molecule has 0 aliphatic rings. The highest BCUT2D eigenvalue weighted by molar-refractivity contribution is 6.03. The number of nitrogens with zero attached hydrogens (tertiary/aromatic N) is 1. The lowest BCUT2D eigenvalue weighted by molar-refractivity contribution is -0.137. The number of benzene rings is 3. The van der Waals surface area contributed by atoms with Gasteiger partial charge in [-0.1, -0.05) is 36.4 Å². The smallest absolute Gasteiger partial charge is 0.416 e. The van der Waals surface area contributed by atoms with Gasteiger partial charge in [0.2, 0.25) is 0 Å². The van der Waals surface area contributed by atoms with E-state index in [-0.39, 0.29) is 11.3 Å². The van der Waals surface area contributed by atoms with Gasteiger partial charge in [0.1, 0.15) is 23.3 Å². The largest absolute Gasteiger partial charge is 0.506 e. The van der Waals surface area contributed by atoms with Crippen LogP contribution in [0.1, 0.15) is 11.1 Å². The molecule has 3 aromatic carbocycles. The normalized spacial score (nSPS) is 11.7. The molecule has 0 spiro atoms. The number of nitriles is 1. The Bertz CT molecular complexity index is 1190. The summed E-state index contributed by atoms with van der Waals surface area (Å²) in [6.07, 6.45) is -4.59. The number of amides is 1. The molecule has 0 aliphatic carbocycles. The Kier molecular flexibility index (Phi) is 6.65. The van der Waals surface area contributed by atoms with Crippen LogP contribution in [0.25, 0.3) is 5.76 Å². The maximum atomic E-state index is 12.8. The molecule has 3 aromatic rings. The summed E-state index contributed by atoms with van der Waals surface area (Å²) in [4.78, 5) is 17.1. The summed E-state index contributed by atoms with van der Waals surface area (Å²) in [5.74, 6) is -1.21. The Hall–Kier alpha value is -4.45. The van der Waals surface area contributed by atoms with Crippen molar-refractivity contribution in [3.63, 3.8) is 0 Å². The SMILES string of the molecule is N#C/C(C(=O)NOc1cccc(C(F)(F)F)c1)=C(\O)c1cccc(Oc2ccccc2)c1. The molecule has 0 fully saturated rings. The maximum absolute atomic E-state index is 12.8. The molecule has 0 saturated heterocycles. The zero-order valence-corrected chi connectivity index (χ0v) is 16.3. The number of carbonyl (C=O) groups excluding carboxylic acids is 1. The lowest BCUT2D eigenvalue weighted by Gasteiger charge is -2.11. The van der Waals surface area contributed by atoms with Crippen LogP contribution >= 0.6 is 0 Å². The molecule has 32 heavy (non-hydrogen) atoms. The number of hydroxylamine groups is 1. The Labute approximate surface area is 180 Å². The fourth-order valence-corrected chi connectivity index (χ4v) is 2.58. The average Bonchev–Trinajstić information content (AvgIpc) is 2.78. The Balaban J connectivity index is 1.76. The third-order valence-electron chi connectivity index (χ3n) is 4.08. The third-order valence-corrected chi connectivity index (χ3v) is 4.08. The molecule has 0 bridgehead atoms. The molecule has 2 N–H and O–H groups in total. The van der Waals surface area contributed by atoms with Gasteiger partial charge < -0.3 is 14.7 Å². The number of alkyl halides is 3. The first-order valence-electron chi connectivity index (χ1n) is 9.09. The highest BCUT2D eigenvalue weighted by Crippen LogP contribution is 2.31. The number of hydrogen-bond donors (Lipinski definition) is 2. The number of nitrogens with one attached hydrogen (secondary N) is 1. The van der Waals surface area contributed by atoms with Crippen molar-refractivity contribution < 1.29 is 32.6 Å². The van der Waals surface area contributed by atoms with Crippen molar-refractivity contribution in [1.29, 1.82) is 5.26 Å². The number of ether oxygens (including phenoxy) is 1. The minimum absolute atomic E-state index is 0.115. The van der Waals surface area contributed by atoms with Crippen LogP contribution in [-0.2, 0) is 11.0 Å². The quantitative estimate of drug-likeness (QED) is 0.232. The highest BCUT2D eigenvalue weighted by Gasteiger charge is 2.30. The summed E-state index contributed by atoms with van der Waals surface area (Å²) in [5.41, 5.74) is 0.297. The van der Waals surface area contributed by atoms with E-state index in [1.165, 1.54) is 18.2 Å². The summed E-state index contributed by atoms with van der Waals surface area (Å²) in [6, 6.07) is 20.2. The van der Waals surface area contributed by atoms with E-state index in [0.717, 1.165) is 12.1 Å². The molecule has 0 atom stereocenters. The zero-order valence-electron chi connectivity index (χ0n) is 16.3. The van der Waals surface area contributed by atoms with E-state index in [1.807, 2.05) is 11.5 Å². The van der Waals surface area contributed by atoms with Crippen molar-refractivity contribution in [2.45, 2.75) is 6.18 Å². The fourth-order valence-electron chi connectivity index (χ4n) is 2.58. The van der Waals surface area contributed by atoms with Crippen LogP contribution in [0, 0.1) is 11.3 Å². The maximum Gasteiger partial charge on any atom is 0.416 e. The number of rotatable bonds is 6. The van der Waals surface area contributed by atoms with Crippen LogP contribution in [0.4, 0.5) is 13.2 Å². The van der Waals surface area contributed by atoms with E-state index in [4.69, 9.17) is 9.57 Å². The molecular weight excluding hydrogens is 425 g/mol. The molecule has 3 rings (SSSR count). The highest BCUT2D eigenvalue weighted by atomic mass is 19.4. The van der Waals surface area contributed by atoms with Gasteiger partial charge in [0.05, 0.1) is 5.56 Å². The van der Waals surface area contributed by atoms with Crippen LogP contribution in [-0.4, -0.2) is 11.0 Å². The van der Waals surface area contributed by atoms with Crippen molar-refractivity contribution >= 4 is 11.7 Å². The van der Waals surface area contributed by atoms with Crippen LogP contribution in [0.15, 0.2) is 84.4 Å². The minimum atomic E-state index is -4.59. The van der Waals surface area contributed by atoms with Gasteiger partial charge in [0.25, 0.3) is 5.91 Å². The van der Waals surface area contributed by atoms with E-state index in [0.29, 0.717) is 17.6 Å². The van der Waals surface area contributed by atoms with Gasteiger partial charge >= 0.3 is 6.18 Å². The second-order valence-corrected chi connectivity index (χ2v) is 6.34. The second-order valence-electron chi connectivity index (χ2n) is 6.34. The zero-order chi connectivity index (χ0) is 23.1. The predicted octanol–water partition coefficient (Wildman–Crippen LogP) is 5.40. The monoisotopic (exact) mass is 440 g/mol. The van der Waals surface area contributed by atoms with Gasteiger partial charge in [-0.05, 0) is 42.5 Å². The van der Waals surface area contributed by atoms with E-state index in [2.05, 4.69) is 0 Å². The van der Waals surface area contributed by atoms with E-state index >= 15 is 0 Å². The van der Waals surface area contributed by atoms with Gasteiger partial charge in [0.15, 0.2) is 11.3 Å². The van der Waals surface area contributed by atoms with Crippen LogP contribution < -0.4 is 15.1 Å². The van der Waals surface area contributed by atoms with Gasteiger partial charge in [0, 0.05) is 5.56 Å². The topological polar surface area (TPSA) is 91.6 Å². The van der Waals surface area contributed by atoms with Crippen LogP contribution in [0.5, 0.6) is 17.2 Å². The van der Waals surface area contributed by atoms with Gasteiger partial charge in [-0.3, -0.25) is 4.79 Å². The molecular formula is C23H15F3N2O4. The van der Waals surface area contributed by atoms with Gasteiger partial charge in [-0.15, -0.1) is 0 Å². The van der Waals surface area contributed by atoms with E-state index in [9.17, 15) is 28.3 Å². The average molecular weight is 440 g/mol. The first-order valence-corrected chi connectivity index (χ1v) is 9.09. The van der Waals surface area contributed by atoms with Crippen molar-refractivity contribution in [2.75, 3.05) is 0 Å². The number of halogens is 3. The lowest BCUT2D eigenvalue weighted by Crippen LogP contribution is -2.28. The van der Waals surface area contributed by atoms with Crippen molar-refractivity contribution in [3.8, 4) is 23.3 Å². The second kappa shape index (κ2) is 9.57. The predicted molar refractivity (Wildman–Crippen MR) is 108 cm³/mol. The Morgan fingerprint density at radius 3 is 2.25 bits per heavy atom. The minimum Gasteiger partial charge on any atom is -0.506 e. The first-order chi connectivity index (χ1) is 15.3. The third kappa shape index (κ3) is 5.58. The molecule has 0 heterocycles. The molecule has 0 aliphatic heterocycles. The molecule has 6 nitrogen and oxygen atoms in total. The fraction of sp³-hybridized carbons (Fsp3) is 0.0435. The summed E-state index contributed by atoms with van der Waals surface area (Å²) in [5, 5.41) is 19.7. The Morgan fingerprint density at radius 1 is 0.906 bits per heavy atom. The molecule has 0 unspecified atom stereocenters. The lowest BCUT2D eigenvalue weighted by atomic mass is 10.1. The van der Waals surface area contributed by atoms with Crippen molar-refractivity contribution in [2.24, 2.45) is 0 Å². The summed E-state index contributed by atoms with van der Waals surface area (Å²) in [7, 11) is 0. The Morgan fingerprint density at radius 2 is 1.56 bits per heavy atom. The number of para-hydroxylation sites is 1. The van der Waals surface area contributed by atoms with Gasteiger partial charge in [-0.2, -0.15) is 23.9 Å². The molecule has 0 radical (unpaired) electrons. The van der Waals surface area contributed by atoms with E-state index < -0.39 is 29.0 Å². The standard InChI is InChI=1S/C23H15F3N2O4/c24-23(25,26)16-7-5-11-19(13-16)32-28-22(30)20(14-27)21(29)15-6-4-10-18(12-15)31-17-8-2-1-3-9-17/h1-13,29H,(H,28,30)/b21-20+. The summed E-state index contributed by atoms with van der Waals surface area (Å²) >= 11 is 0.